The van der Waals surface area contributed by atoms with Gasteiger partial charge in [0.25, 0.3) is 0 Å². The highest BCUT2D eigenvalue weighted by atomic mass is 32.1. The SMILES string of the molecule is CC(C)CN(CC(=O)O)C(=O)Nc1nc2c(s1)CCC2. The summed E-state index contributed by atoms with van der Waals surface area (Å²) in [6.45, 7) is 4.00. The maximum atomic E-state index is 12.1. The van der Waals surface area contributed by atoms with Crippen molar-refractivity contribution in [2.45, 2.75) is 33.1 Å². The van der Waals surface area contributed by atoms with E-state index in [0.717, 1.165) is 25.0 Å². The average molecular weight is 297 g/mol. The van der Waals surface area contributed by atoms with Gasteiger partial charge in [-0.15, -0.1) is 11.3 Å². The van der Waals surface area contributed by atoms with E-state index in [0.29, 0.717) is 11.7 Å². The van der Waals surface area contributed by atoms with Gasteiger partial charge in [0.05, 0.1) is 5.69 Å². The van der Waals surface area contributed by atoms with Crippen molar-refractivity contribution in [3.05, 3.63) is 10.6 Å². The lowest BCUT2D eigenvalue weighted by molar-refractivity contribution is -0.137. The Hall–Kier alpha value is -1.63. The molecule has 0 aromatic carbocycles. The molecule has 6 nitrogen and oxygen atoms in total. The molecule has 1 aliphatic carbocycles. The summed E-state index contributed by atoms with van der Waals surface area (Å²) < 4.78 is 0. The van der Waals surface area contributed by atoms with Crippen LogP contribution >= 0.6 is 11.3 Å². The van der Waals surface area contributed by atoms with Gasteiger partial charge in [-0.2, -0.15) is 0 Å². The van der Waals surface area contributed by atoms with Crippen molar-refractivity contribution < 1.29 is 14.7 Å². The Bertz CT molecular complexity index is 491. The van der Waals surface area contributed by atoms with E-state index >= 15 is 0 Å². The monoisotopic (exact) mass is 297 g/mol. The largest absolute Gasteiger partial charge is 0.480 e. The summed E-state index contributed by atoms with van der Waals surface area (Å²) in [6, 6.07) is -0.395. The average Bonchev–Trinajstić information content (AvgIpc) is 2.87. The molecule has 0 atom stereocenters. The standard InChI is InChI=1S/C13H19N3O3S/c1-8(2)6-16(7-11(17)18)13(19)15-12-14-9-4-3-5-10(9)20-12/h8H,3-7H2,1-2H3,(H,17,18)(H,14,15,19). The van der Waals surface area contributed by atoms with Gasteiger partial charge in [-0.25, -0.2) is 9.78 Å². The molecule has 110 valence electrons. The molecule has 0 bridgehead atoms. The highest BCUT2D eigenvalue weighted by molar-refractivity contribution is 7.15. The van der Waals surface area contributed by atoms with Crippen LogP contribution in [0.15, 0.2) is 0 Å². The molecule has 0 saturated carbocycles. The van der Waals surface area contributed by atoms with Crippen LogP contribution in [0.4, 0.5) is 9.93 Å². The molecule has 0 spiro atoms. The number of rotatable bonds is 5. The lowest BCUT2D eigenvalue weighted by Crippen LogP contribution is -2.40. The van der Waals surface area contributed by atoms with Gasteiger partial charge in [-0.05, 0) is 25.2 Å². The molecule has 0 unspecified atom stereocenters. The molecule has 1 aromatic rings. The summed E-state index contributed by atoms with van der Waals surface area (Å²) >= 11 is 1.49. The summed E-state index contributed by atoms with van der Waals surface area (Å²) in [6.07, 6.45) is 3.11. The van der Waals surface area contributed by atoms with Crippen molar-refractivity contribution in [1.29, 1.82) is 0 Å². The summed E-state index contributed by atoms with van der Waals surface area (Å²) in [5.41, 5.74) is 1.07. The number of hydrogen-bond donors (Lipinski definition) is 2. The number of fused-ring (bicyclic) bond motifs is 1. The first-order valence-corrected chi connectivity index (χ1v) is 7.53. The highest BCUT2D eigenvalue weighted by Gasteiger charge is 2.21. The van der Waals surface area contributed by atoms with Gasteiger partial charge < -0.3 is 10.0 Å². The summed E-state index contributed by atoms with van der Waals surface area (Å²) in [5, 5.41) is 12.2. The second kappa shape index (κ2) is 6.21. The van der Waals surface area contributed by atoms with E-state index in [1.54, 1.807) is 0 Å². The van der Waals surface area contributed by atoms with E-state index in [4.69, 9.17) is 5.11 Å². The smallest absolute Gasteiger partial charge is 0.324 e. The topological polar surface area (TPSA) is 82.5 Å². The normalized spacial score (nSPS) is 13.3. The van der Waals surface area contributed by atoms with Crippen LogP contribution in [0.5, 0.6) is 0 Å². The molecule has 7 heteroatoms. The molecule has 0 fully saturated rings. The van der Waals surface area contributed by atoms with Gasteiger partial charge in [0.2, 0.25) is 0 Å². The predicted molar refractivity (Wildman–Crippen MR) is 77.2 cm³/mol. The molecule has 2 amide bonds. The molecule has 0 radical (unpaired) electrons. The quantitative estimate of drug-likeness (QED) is 0.873. The molecule has 1 aromatic heterocycles. The van der Waals surface area contributed by atoms with Gasteiger partial charge in [0.1, 0.15) is 6.54 Å². The van der Waals surface area contributed by atoms with E-state index in [1.807, 2.05) is 13.8 Å². The first kappa shape index (κ1) is 14.8. The number of amides is 2. The zero-order chi connectivity index (χ0) is 14.7. The third-order valence-electron chi connectivity index (χ3n) is 3.01. The minimum Gasteiger partial charge on any atom is -0.480 e. The number of nitrogens with zero attached hydrogens (tertiary/aromatic N) is 2. The Morgan fingerprint density at radius 3 is 2.80 bits per heavy atom. The number of carboxylic acid groups (broad SMARTS) is 1. The van der Waals surface area contributed by atoms with Gasteiger partial charge in [0.15, 0.2) is 5.13 Å². The zero-order valence-corrected chi connectivity index (χ0v) is 12.5. The van der Waals surface area contributed by atoms with Crippen LogP contribution in [0, 0.1) is 5.92 Å². The van der Waals surface area contributed by atoms with Crippen LogP contribution in [0.2, 0.25) is 0 Å². The van der Waals surface area contributed by atoms with Crippen LogP contribution in [0.1, 0.15) is 30.8 Å². The number of carbonyl (C=O) groups excluding carboxylic acids is 1. The number of urea groups is 1. The van der Waals surface area contributed by atoms with Gasteiger partial charge in [-0.1, -0.05) is 13.8 Å². The van der Waals surface area contributed by atoms with Crippen molar-refractivity contribution >= 4 is 28.5 Å². The first-order chi connectivity index (χ1) is 9.45. The molecule has 20 heavy (non-hydrogen) atoms. The highest BCUT2D eigenvalue weighted by Crippen LogP contribution is 2.30. The Morgan fingerprint density at radius 1 is 1.45 bits per heavy atom. The molecular formula is C13H19N3O3S. The van der Waals surface area contributed by atoms with E-state index in [2.05, 4.69) is 10.3 Å². The van der Waals surface area contributed by atoms with E-state index in [9.17, 15) is 9.59 Å². The van der Waals surface area contributed by atoms with E-state index in [1.165, 1.54) is 21.1 Å². The van der Waals surface area contributed by atoms with Crippen molar-refractivity contribution in [3.63, 3.8) is 0 Å². The molecular weight excluding hydrogens is 278 g/mol. The van der Waals surface area contributed by atoms with Gasteiger partial charge in [-0.3, -0.25) is 10.1 Å². The number of carbonyl (C=O) groups is 2. The predicted octanol–water partition coefficient (Wildman–Crippen LogP) is 2.21. The second-order valence-corrected chi connectivity index (χ2v) is 6.42. The number of aryl methyl sites for hydroxylation is 2. The molecule has 0 aliphatic heterocycles. The lowest BCUT2D eigenvalue weighted by atomic mass is 10.2. The summed E-state index contributed by atoms with van der Waals surface area (Å²) in [4.78, 5) is 29.9. The minimum atomic E-state index is -1.01. The van der Waals surface area contributed by atoms with Crippen molar-refractivity contribution in [3.8, 4) is 0 Å². The maximum Gasteiger partial charge on any atom is 0.324 e. The van der Waals surface area contributed by atoms with Crippen LogP contribution in [0.3, 0.4) is 0 Å². The Balaban J connectivity index is 2.01. The number of aliphatic carboxylic acids is 1. The minimum absolute atomic E-state index is 0.210. The Labute approximate surface area is 121 Å². The number of anilines is 1. The van der Waals surface area contributed by atoms with E-state index < -0.39 is 12.0 Å². The molecule has 1 aliphatic rings. The number of aromatic nitrogens is 1. The van der Waals surface area contributed by atoms with Crippen molar-refractivity contribution in [1.82, 2.24) is 9.88 Å². The van der Waals surface area contributed by atoms with Gasteiger partial charge >= 0.3 is 12.0 Å². The Kier molecular flexibility index (Phi) is 4.59. The number of hydrogen-bond acceptors (Lipinski definition) is 4. The fourth-order valence-electron chi connectivity index (χ4n) is 2.24. The fourth-order valence-corrected chi connectivity index (χ4v) is 3.28. The Morgan fingerprint density at radius 2 is 2.20 bits per heavy atom. The molecule has 0 saturated heterocycles. The maximum absolute atomic E-state index is 12.1. The third-order valence-corrected chi connectivity index (χ3v) is 4.08. The summed E-state index contributed by atoms with van der Waals surface area (Å²) in [5.74, 6) is -0.802. The lowest BCUT2D eigenvalue weighted by Gasteiger charge is -2.22. The number of nitrogens with one attached hydrogen (secondary N) is 1. The molecule has 1 heterocycles. The number of thiazole rings is 1. The zero-order valence-electron chi connectivity index (χ0n) is 11.7. The van der Waals surface area contributed by atoms with Crippen LogP contribution in [0.25, 0.3) is 0 Å². The van der Waals surface area contributed by atoms with E-state index in [-0.39, 0.29) is 12.5 Å². The molecule has 2 rings (SSSR count). The first-order valence-electron chi connectivity index (χ1n) is 6.72. The van der Waals surface area contributed by atoms with Gasteiger partial charge in [0, 0.05) is 11.4 Å². The fraction of sp³-hybridized carbons (Fsp3) is 0.615. The third kappa shape index (κ3) is 3.69. The van der Waals surface area contributed by atoms with Crippen molar-refractivity contribution in [2.24, 2.45) is 5.92 Å². The second-order valence-electron chi connectivity index (χ2n) is 5.34. The van der Waals surface area contributed by atoms with Crippen molar-refractivity contribution in [2.75, 3.05) is 18.4 Å². The number of carboxylic acids is 1. The molecule has 2 N–H and O–H groups in total. The van der Waals surface area contributed by atoms with Crippen LogP contribution < -0.4 is 5.32 Å². The summed E-state index contributed by atoms with van der Waals surface area (Å²) in [7, 11) is 0. The van der Waals surface area contributed by atoms with Crippen LogP contribution in [-0.2, 0) is 17.6 Å². The van der Waals surface area contributed by atoms with Crippen LogP contribution in [-0.4, -0.2) is 40.1 Å².